The lowest BCUT2D eigenvalue weighted by molar-refractivity contribution is -0.296. The fourth-order valence-electron chi connectivity index (χ4n) is 3.03. The van der Waals surface area contributed by atoms with Crippen molar-refractivity contribution >= 4 is 0 Å². The molecule has 0 aromatic carbocycles. The van der Waals surface area contributed by atoms with Crippen molar-refractivity contribution in [1.29, 1.82) is 0 Å². The van der Waals surface area contributed by atoms with Crippen LogP contribution in [-0.2, 0) is 14.2 Å². The summed E-state index contributed by atoms with van der Waals surface area (Å²) in [6, 6.07) is 0. The summed E-state index contributed by atoms with van der Waals surface area (Å²) < 4.78 is 23.7. The summed E-state index contributed by atoms with van der Waals surface area (Å²) in [5.74, 6) is 0. The highest BCUT2D eigenvalue weighted by Gasteiger charge is 2.43. The molecule has 25 heavy (non-hydrogen) atoms. The first-order chi connectivity index (χ1) is 12.5. The Morgan fingerprint density at radius 3 is 1.96 bits per heavy atom. The van der Waals surface area contributed by atoms with Gasteiger partial charge in [-0.2, -0.15) is 0 Å². The topological polar surface area (TPSA) is 88.4 Å². The molecule has 1 saturated heterocycles. The first-order valence-corrected chi connectivity index (χ1v) is 9.77. The van der Waals surface area contributed by atoms with Crippen molar-refractivity contribution in [2.45, 2.75) is 102 Å². The lowest BCUT2D eigenvalue weighted by Crippen LogP contribution is -2.59. The summed E-state index contributed by atoms with van der Waals surface area (Å²) in [5.41, 5.74) is 0. The molecule has 1 rings (SSSR count). The standard InChI is InChI=1S/C19H38O6/c1-3-4-5-6-7-8-9-10-11-12-13-24-14-15-16(20)17(21)18(22)19(23-2)25-15/h15-22H,3-14H2,1-2H3/t15-,16+,17+,18-,19?/m1/s1/i13D/t13?,15-,16+,17+,18-,19?. The molecule has 0 bridgehead atoms. The number of aliphatic hydroxyl groups is 3. The van der Waals surface area contributed by atoms with E-state index in [4.69, 9.17) is 15.6 Å². The van der Waals surface area contributed by atoms with Gasteiger partial charge in [-0.05, 0) is 6.42 Å². The Morgan fingerprint density at radius 2 is 1.40 bits per heavy atom. The Morgan fingerprint density at radius 1 is 0.840 bits per heavy atom. The second kappa shape index (κ2) is 13.9. The summed E-state index contributed by atoms with van der Waals surface area (Å²) in [6.07, 6.45) is 5.94. The predicted octanol–water partition coefficient (Wildman–Crippen LogP) is 2.38. The van der Waals surface area contributed by atoms with E-state index in [1.165, 1.54) is 52.1 Å². The smallest absolute Gasteiger partial charge is 0.186 e. The van der Waals surface area contributed by atoms with Gasteiger partial charge in [0.1, 0.15) is 24.4 Å². The Bertz CT molecular complexity index is 344. The quantitative estimate of drug-likeness (QED) is 0.411. The van der Waals surface area contributed by atoms with Crippen LogP contribution in [0, 0.1) is 0 Å². The molecule has 2 unspecified atom stereocenters. The highest BCUT2D eigenvalue weighted by molar-refractivity contribution is 4.88. The second-order valence-electron chi connectivity index (χ2n) is 6.87. The lowest BCUT2D eigenvalue weighted by atomic mass is 9.99. The predicted molar refractivity (Wildman–Crippen MR) is 96.4 cm³/mol. The van der Waals surface area contributed by atoms with Crippen LogP contribution >= 0.6 is 0 Å². The van der Waals surface area contributed by atoms with Gasteiger partial charge in [-0.25, -0.2) is 0 Å². The molecule has 3 N–H and O–H groups in total. The normalized spacial score (nSPS) is 31.7. The van der Waals surface area contributed by atoms with Gasteiger partial charge in [0.2, 0.25) is 0 Å². The molecule has 0 aromatic rings. The molecule has 1 fully saturated rings. The van der Waals surface area contributed by atoms with E-state index < -0.39 is 37.3 Å². The molecule has 0 aromatic heterocycles. The SMILES string of the molecule is [2H]C(CCCCCCCCCCC)OC[C@H]1OC(OC)[C@H](O)[C@@H](O)[C@H]1O. The summed E-state index contributed by atoms with van der Waals surface area (Å²) in [7, 11) is 1.35. The minimum absolute atomic E-state index is 0.0175. The molecule has 1 aliphatic rings. The first kappa shape index (κ1) is 21.1. The Hall–Kier alpha value is -0.240. The fraction of sp³-hybridized carbons (Fsp3) is 1.00. The highest BCUT2D eigenvalue weighted by atomic mass is 16.7. The van der Waals surface area contributed by atoms with Gasteiger partial charge >= 0.3 is 0 Å². The van der Waals surface area contributed by atoms with E-state index in [1.807, 2.05) is 0 Å². The van der Waals surface area contributed by atoms with Crippen LogP contribution in [0.5, 0.6) is 0 Å². The van der Waals surface area contributed by atoms with E-state index in [0.29, 0.717) is 6.42 Å². The molecule has 1 heterocycles. The Kier molecular flexibility index (Phi) is 11.7. The molecule has 0 saturated carbocycles. The van der Waals surface area contributed by atoms with E-state index in [0.717, 1.165) is 12.8 Å². The zero-order valence-electron chi connectivity index (χ0n) is 16.8. The van der Waals surface area contributed by atoms with Gasteiger partial charge in [-0.15, -0.1) is 0 Å². The monoisotopic (exact) mass is 363 g/mol. The van der Waals surface area contributed by atoms with E-state index in [2.05, 4.69) is 6.92 Å². The summed E-state index contributed by atoms with van der Waals surface area (Å²) in [5, 5.41) is 29.5. The van der Waals surface area contributed by atoms with Gasteiger partial charge in [0.25, 0.3) is 0 Å². The van der Waals surface area contributed by atoms with E-state index in [-0.39, 0.29) is 6.61 Å². The largest absolute Gasteiger partial charge is 0.387 e. The molecule has 6 atom stereocenters. The molecule has 0 aliphatic carbocycles. The van der Waals surface area contributed by atoms with Crippen LogP contribution < -0.4 is 0 Å². The average molecular weight is 364 g/mol. The molecule has 1 aliphatic heterocycles. The third-order valence-corrected chi connectivity index (χ3v) is 4.70. The molecular formula is C19H38O6. The molecule has 6 heteroatoms. The van der Waals surface area contributed by atoms with Crippen LogP contribution in [0.1, 0.15) is 72.5 Å². The molecule has 0 radical (unpaired) electrons. The first-order valence-electron chi connectivity index (χ1n) is 10.3. The summed E-state index contributed by atoms with van der Waals surface area (Å²) in [4.78, 5) is 0. The number of aliphatic hydroxyl groups excluding tert-OH is 3. The number of hydrogen-bond donors (Lipinski definition) is 3. The van der Waals surface area contributed by atoms with Gasteiger partial charge in [0, 0.05) is 13.7 Å². The fourth-order valence-corrected chi connectivity index (χ4v) is 3.03. The highest BCUT2D eigenvalue weighted by Crippen LogP contribution is 2.22. The Balaban J connectivity index is 2.09. The lowest BCUT2D eigenvalue weighted by Gasteiger charge is -2.39. The third kappa shape index (κ3) is 8.80. The molecular weight excluding hydrogens is 324 g/mol. The number of methoxy groups -OCH3 is 1. The minimum atomic E-state index is -1.36. The van der Waals surface area contributed by atoms with Gasteiger partial charge in [0.15, 0.2) is 6.29 Å². The van der Waals surface area contributed by atoms with Crippen LogP contribution in [-0.4, -0.2) is 66.3 Å². The number of ether oxygens (including phenoxy) is 3. The van der Waals surface area contributed by atoms with Crippen LogP contribution in [0.3, 0.4) is 0 Å². The van der Waals surface area contributed by atoms with Gasteiger partial charge in [-0.1, -0.05) is 64.7 Å². The summed E-state index contributed by atoms with van der Waals surface area (Å²) >= 11 is 0. The zero-order chi connectivity index (χ0) is 19.4. The molecule has 0 spiro atoms. The molecule has 0 amide bonds. The van der Waals surface area contributed by atoms with Crippen LogP contribution in [0.4, 0.5) is 0 Å². The van der Waals surface area contributed by atoms with Crippen molar-refractivity contribution in [3.05, 3.63) is 0 Å². The second-order valence-corrected chi connectivity index (χ2v) is 6.87. The van der Waals surface area contributed by atoms with Crippen LogP contribution in [0.15, 0.2) is 0 Å². The van der Waals surface area contributed by atoms with E-state index in [1.54, 1.807) is 0 Å². The van der Waals surface area contributed by atoms with Gasteiger partial charge in [0.05, 0.1) is 7.98 Å². The van der Waals surface area contributed by atoms with Crippen molar-refractivity contribution < 1.29 is 30.9 Å². The van der Waals surface area contributed by atoms with Crippen LogP contribution in [0.2, 0.25) is 0 Å². The molecule has 150 valence electrons. The maximum atomic E-state index is 9.95. The van der Waals surface area contributed by atoms with Crippen molar-refractivity contribution in [2.24, 2.45) is 0 Å². The van der Waals surface area contributed by atoms with Gasteiger partial charge in [-0.3, -0.25) is 0 Å². The number of hydrogen-bond acceptors (Lipinski definition) is 6. The Labute approximate surface area is 153 Å². The van der Waals surface area contributed by atoms with Crippen molar-refractivity contribution in [3.8, 4) is 0 Å². The minimum Gasteiger partial charge on any atom is -0.387 e. The number of unbranched alkanes of at least 4 members (excludes halogenated alkanes) is 8. The van der Waals surface area contributed by atoms with Crippen LogP contribution in [0.25, 0.3) is 0 Å². The summed E-state index contributed by atoms with van der Waals surface area (Å²) in [6.45, 7) is 1.53. The third-order valence-electron chi connectivity index (χ3n) is 4.70. The van der Waals surface area contributed by atoms with Crippen molar-refractivity contribution in [3.63, 3.8) is 0 Å². The maximum absolute atomic E-state index is 9.95. The average Bonchev–Trinajstić information content (AvgIpc) is 2.64. The maximum Gasteiger partial charge on any atom is 0.186 e. The zero-order valence-corrected chi connectivity index (χ0v) is 15.8. The number of rotatable bonds is 14. The molecule has 6 nitrogen and oxygen atoms in total. The van der Waals surface area contributed by atoms with E-state index in [9.17, 15) is 15.3 Å². The van der Waals surface area contributed by atoms with Crippen molar-refractivity contribution in [1.82, 2.24) is 0 Å². The van der Waals surface area contributed by atoms with Crippen molar-refractivity contribution in [2.75, 3.05) is 20.3 Å². The van der Waals surface area contributed by atoms with Gasteiger partial charge < -0.3 is 29.5 Å². The van der Waals surface area contributed by atoms with E-state index >= 15 is 0 Å².